The molecule has 2 rings (SSSR count). The lowest BCUT2D eigenvalue weighted by atomic mass is 9.83. The van der Waals surface area contributed by atoms with Crippen LogP contribution in [0.4, 0.5) is 0 Å². The van der Waals surface area contributed by atoms with Gasteiger partial charge in [-0.1, -0.05) is 44.9 Å². The summed E-state index contributed by atoms with van der Waals surface area (Å²) in [5.41, 5.74) is -0.288. The van der Waals surface area contributed by atoms with Crippen LogP contribution >= 0.6 is 0 Å². The van der Waals surface area contributed by atoms with Gasteiger partial charge in [0.25, 0.3) is 0 Å². The Bertz CT molecular complexity index is 310. The van der Waals surface area contributed by atoms with Gasteiger partial charge in [-0.15, -0.1) is 0 Å². The average Bonchev–Trinajstić information content (AvgIpc) is 2.46. The largest absolute Gasteiger partial charge is 0.347 e. The summed E-state index contributed by atoms with van der Waals surface area (Å²) in [7, 11) is 0. The van der Waals surface area contributed by atoms with Crippen LogP contribution in [0.2, 0.25) is 0 Å². The zero-order valence-electron chi connectivity index (χ0n) is 15.0. The van der Waals surface area contributed by atoms with Crippen molar-refractivity contribution in [3.63, 3.8) is 0 Å². The lowest BCUT2D eigenvalue weighted by Gasteiger charge is -2.43. The van der Waals surface area contributed by atoms with Crippen LogP contribution in [-0.2, 0) is 14.5 Å². The minimum atomic E-state index is -0.495. The fourth-order valence-electron chi connectivity index (χ4n) is 3.71. The molecular weight excluding hydrogens is 276 g/mol. The van der Waals surface area contributed by atoms with Crippen LogP contribution in [0.5, 0.6) is 0 Å². The maximum absolute atomic E-state index is 6.22. The van der Waals surface area contributed by atoms with Crippen LogP contribution in [0.3, 0.4) is 0 Å². The van der Waals surface area contributed by atoms with Crippen LogP contribution in [0, 0.1) is 5.92 Å². The summed E-state index contributed by atoms with van der Waals surface area (Å²) < 4.78 is 6.22. The maximum atomic E-state index is 6.22. The van der Waals surface area contributed by atoms with Crippen LogP contribution in [0.15, 0.2) is 0 Å². The van der Waals surface area contributed by atoms with Gasteiger partial charge < -0.3 is 4.74 Å². The van der Waals surface area contributed by atoms with Crippen LogP contribution in [-0.4, -0.2) is 18.0 Å². The summed E-state index contributed by atoms with van der Waals surface area (Å²) >= 11 is 0. The first-order chi connectivity index (χ1) is 10.5. The molecular formula is C19H36O3. The van der Waals surface area contributed by atoms with Crippen molar-refractivity contribution < 1.29 is 14.5 Å². The van der Waals surface area contributed by atoms with Crippen molar-refractivity contribution in [1.82, 2.24) is 0 Å². The molecule has 3 nitrogen and oxygen atoms in total. The van der Waals surface area contributed by atoms with Crippen molar-refractivity contribution in [2.45, 2.75) is 109 Å². The van der Waals surface area contributed by atoms with Crippen LogP contribution < -0.4 is 0 Å². The third-order valence-corrected chi connectivity index (χ3v) is 4.93. The quantitative estimate of drug-likeness (QED) is 0.478. The monoisotopic (exact) mass is 312 g/mol. The first-order valence-electron chi connectivity index (χ1n) is 9.53. The van der Waals surface area contributed by atoms with Crippen molar-refractivity contribution in [2.75, 3.05) is 6.61 Å². The topological polar surface area (TPSA) is 27.7 Å². The highest BCUT2D eigenvalue weighted by Crippen LogP contribution is 2.41. The molecule has 2 unspecified atom stereocenters. The Balaban J connectivity index is 2.04. The van der Waals surface area contributed by atoms with Crippen LogP contribution in [0.25, 0.3) is 0 Å². The van der Waals surface area contributed by atoms with E-state index in [9.17, 15) is 0 Å². The molecule has 0 spiro atoms. The summed E-state index contributed by atoms with van der Waals surface area (Å²) in [6.45, 7) is 6.93. The van der Waals surface area contributed by atoms with Gasteiger partial charge in [0.15, 0.2) is 0 Å². The Morgan fingerprint density at radius 1 is 0.818 bits per heavy atom. The SMILES string of the molecule is CC(C)(C)OOC12CCCCCCCCCCC1CCCO2. The fraction of sp³-hybridized carbons (Fsp3) is 1.00. The fourth-order valence-corrected chi connectivity index (χ4v) is 3.71. The van der Waals surface area contributed by atoms with Gasteiger partial charge in [-0.2, -0.15) is 0 Å². The van der Waals surface area contributed by atoms with E-state index in [1.54, 1.807) is 0 Å². The second-order valence-electron chi connectivity index (χ2n) is 8.15. The molecule has 2 aliphatic rings. The number of rotatable bonds is 2. The molecule has 3 heteroatoms. The van der Waals surface area contributed by atoms with Gasteiger partial charge in [0, 0.05) is 12.3 Å². The number of ether oxygens (including phenoxy) is 1. The molecule has 2 fully saturated rings. The van der Waals surface area contributed by atoms with Crippen molar-refractivity contribution in [3.05, 3.63) is 0 Å². The second-order valence-corrected chi connectivity index (χ2v) is 8.15. The molecule has 1 saturated heterocycles. The summed E-state index contributed by atoms with van der Waals surface area (Å²) in [6.07, 6.45) is 15.2. The van der Waals surface area contributed by atoms with Crippen molar-refractivity contribution in [1.29, 1.82) is 0 Å². The standard InChI is InChI=1S/C19H36O3/c1-18(2,3)21-22-19-15-11-9-7-5-4-6-8-10-13-17(19)14-12-16-20-19/h17H,4-16H2,1-3H3. The first-order valence-corrected chi connectivity index (χ1v) is 9.53. The van der Waals surface area contributed by atoms with E-state index in [1.807, 2.05) is 20.8 Å². The number of hydrogen-bond donors (Lipinski definition) is 0. The highest BCUT2D eigenvalue weighted by molar-refractivity contribution is 4.83. The van der Waals surface area contributed by atoms with E-state index in [-0.39, 0.29) is 5.60 Å². The van der Waals surface area contributed by atoms with Gasteiger partial charge in [0.1, 0.15) is 0 Å². The highest BCUT2D eigenvalue weighted by atomic mass is 17.2. The molecule has 1 saturated carbocycles. The second kappa shape index (κ2) is 8.65. The summed E-state index contributed by atoms with van der Waals surface area (Å²) in [6, 6.07) is 0. The maximum Gasteiger partial charge on any atom is 0.204 e. The Morgan fingerprint density at radius 2 is 1.41 bits per heavy atom. The van der Waals surface area contributed by atoms with Crippen LogP contribution in [0.1, 0.15) is 97.8 Å². The molecule has 130 valence electrons. The zero-order valence-corrected chi connectivity index (χ0v) is 15.0. The molecule has 1 aliphatic heterocycles. The molecule has 0 amide bonds. The van der Waals surface area contributed by atoms with E-state index in [0.29, 0.717) is 5.92 Å². The molecule has 0 radical (unpaired) electrons. The van der Waals surface area contributed by atoms with E-state index < -0.39 is 5.79 Å². The predicted octanol–water partition coefficient (Wildman–Crippen LogP) is 5.77. The van der Waals surface area contributed by atoms with Gasteiger partial charge in [-0.25, -0.2) is 9.78 Å². The third kappa shape index (κ3) is 5.82. The number of hydrogen-bond acceptors (Lipinski definition) is 3. The molecule has 2 atom stereocenters. The normalized spacial score (nSPS) is 32.6. The third-order valence-electron chi connectivity index (χ3n) is 4.93. The molecule has 0 aromatic heterocycles. The molecule has 1 heterocycles. The van der Waals surface area contributed by atoms with E-state index in [0.717, 1.165) is 19.4 Å². The summed E-state index contributed by atoms with van der Waals surface area (Å²) in [5, 5.41) is 0. The van der Waals surface area contributed by atoms with Crippen molar-refractivity contribution in [2.24, 2.45) is 5.92 Å². The summed E-state index contributed by atoms with van der Waals surface area (Å²) in [5.74, 6) is -0.00640. The Labute approximate surface area is 137 Å². The molecule has 0 N–H and O–H groups in total. The van der Waals surface area contributed by atoms with E-state index >= 15 is 0 Å². The van der Waals surface area contributed by atoms with Gasteiger partial charge in [0.2, 0.25) is 5.79 Å². The Morgan fingerprint density at radius 3 is 2.09 bits per heavy atom. The Hall–Kier alpha value is -0.120. The smallest absolute Gasteiger partial charge is 0.204 e. The number of fused-ring (bicyclic) bond motifs is 1. The predicted molar refractivity (Wildman–Crippen MR) is 89.5 cm³/mol. The first kappa shape index (κ1) is 18.2. The molecule has 1 aliphatic carbocycles. The van der Waals surface area contributed by atoms with Gasteiger partial charge in [-0.05, 0) is 46.5 Å². The molecule has 0 aromatic carbocycles. The average molecular weight is 312 g/mol. The molecule has 0 aromatic rings. The van der Waals surface area contributed by atoms with Gasteiger partial charge >= 0.3 is 0 Å². The Kier molecular flexibility index (Phi) is 7.17. The lowest BCUT2D eigenvalue weighted by molar-refractivity contribution is -0.479. The van der Waals surface area contributed by atoms with E-state index in [4.69, 9.17) is 14.5 Å². The minimum Gasteiger partial charge on any atom is -0.347 e. The summed E-state index contributed by atoms with van der Waals surface area (Å²) in [4.78, 5) is 11.7. The molecule has 22 heavy (non-hydrogen) atoms. The minimum absolute atomic E-state index is 0.288. The van der Waals surface area contributed by atoms with Gasteiger partial charge in [-0.3, -0.25) is 0 Å². The van der Waals surface area contributed by atoms with Crippen molar-refractivity contribution >= 4 is 0 Å². The highest BCUT2D eigenvalue weighted by Gasteiger charge is 2.44. The van der Waals surface area contributed by atoms with E-state index in [2.05, 4.69) is 0 Å². The van der Waals surface area contributed by atoms with E-state index in [1.165, 1.54) is 64.2 Å². The zero-order chi connectivity index (χ0) is 15.9. The lowest BCUT2D eigenvalue weighted by Crippen LogP contribution is -2.48. The van der Waals surface area contributed by atoms with Gasteiger partial charge in [0.05, 0.1) is 12.2 Å². The van der Waals surface area contributed by atoms with Crippen molar-refractivity contribution in [3.8, 4) is 0 Å². The molecule has 0 bridgehead atoms.